The fourth-order valence-electron chi connectivity index (χ4n) is 3.36. The number of nitrogens with one attached hydrogen (secondary N) is 1. The number of rotatable bonds is 6. The minimum Gasteiger partial charge on any atom is -0.496 e. The number of benzene rings is 2. The zero-order valence-corrected chi connectivity index (χ0v) is 16.1. The van der Waals surface area contributed by atoms with Gasteiger partial charge in [0.25, 0.3) is 0 Å². The van der Waals surface area contributed by atoms with Gasteiger partial charge in [0.2, 0.25) is 11.8 Å². The number of ether oxygens (including phenoxy) is 1. The maximum absolute atomic E-state index is 12.5. The summed E-state index contributed by atoms with van der Waals surface area (Å²) in [6.07, 6.45) is 4.73. The van der Waals surface area contributed by atoms with Crippen LogP contribution in [0.15, 0.2) is 60.7 Å². The van der Waals surface area contributed by atoms with E-state index in [9.17, 15) is 9.59 Å². The second kappa shape index (κ2) is 9.74. The zero-order chi connectivity index (χ0) is 19.8. The summed E-state index contributed by atoms with van der Waals surface area (Å²) in [6.45, 7) is 1.73. The molecule has 0 unspecified atom stereocenters. The second-order valence-corrected chi connectivity index (χ2v) is 6.88. The second-order valence-electron chi connectivity index (χ2n) is 6.88. The van der Waals surface area contributed by atoms with Crippen molar-refractivity contribution < 1.29 is 14.3 Å². The van der Waals surface area contributed by atoms with Crippen LogP contribution < -0.4 is 10.1 Å². The van der Waals surface area contributed by atoms with Gasteiger partial charge >= 0.3 is 0 Å². The number of methoxy groups -OCH3 is 1. The van der Waals surface area contributed by atoms with Gasteiger partial charge in [-0.1, -0.05) is 48.5 Å². The highest BCUT2D eigenvalue weighted by molar-refractivity contribution is 5.92. The summed E-state index contributed by atoms with van der Waals surface area (Å²) in [5.41, 5.74) is 1.96. The lowest BCUT2D eigenvalue weighted by Crippen LogP contribution is -2.42. The Kier molecular flexibility index (Phi) is 6.84. The van der Waals surface area contributed by atoms with Crippen LogP contribution in [0.5, 0.6) is 5.75 Å². The van der Waals surface area contributed by atoms with Crippen molar-refractivity contribution in [2.24, 2.45) is 5.92 Å². The molecule has 0 saturated carbocycles. The third-order valence-corrected chi connectivity index (χ3v) is 5.03. The standard InChI is InChI=1S/C23H26N2O3/c1-28-21-10-6-5-9-19(21)11-12-22(26)25-15-13-20(14-16-25)23(27)24-17-18-7-3-2-4-8-18/h2-12,20H,13-17H2,1H3,(H,24,27). The monoisotopic (exact) mass is 378 g/mol. The molecule has 0 radical (unpaired) electrons. The van der Waals surface area contributed by atoms with Gasteiger partial charge < -0.3 is 15.0 Å². The Morgan fingerprint density at radius 1 is 1.07 bits per heavy atom. The highest BCUT2D eigenvalue weighted by Crippen LogP contribution is 2.20. The highest BCUT2D eigenvalue weighted by Gasteiger charge is 2.26. The average molecular weight is 378 g/mol. The number of hydrogen-bond donors (Lipinski definition) is 1. The van der Waals surface area contributed by atoms with E-state index in [4.69, 9.17) is 4.74 Å². The van der Waals surface area contributed by atoms with Crippen molar-refractivity contribution in [2.75, 3.05) is 20.2 Å². The average Bonchev–Trinajstić information content (AvgIpc) is 2.76. The molecule has 5 heteroatoms. The van der Waals surface area contributed by atoms with Gasteiger partial charge in [0.05, 0.1) is 7.11 Å². The summed E-state index contributed by atoms with van der Waals surface area (Å²) in [6, 6.07) is 17.5. The molecule has 0 atom stereocenters. The lowest BCUT2D eigenvalue weighted by molar-refractivity contribution is -0.132. The van der Waals surface area contributed by atoms with Crippen LogP contribution in [0.2, 0.25) is 0 Å². The molecule has 1 N–H and O–H groups in total. The molecule has 2 aromatic rings. The van der Waals surface area contributed by atoms with E-state index in [2.05, 4.69) is 5.32 Å². The summed E-state index contributed by atoms with van der Waals surface area (Å²) in [5.74, 6) is 0.737. The maximum Gasteiger partial charge on any atom is 0.246 e. The molecule has 0 bridgehead atoms. The molecule has 3 rings (SSSR count). The van der Waals surface area contributed by atoms with Gasteiger partial charge in [-0.25, -0.2) is 0 Å². The first-order valence-corrected chi connectivity index (χ1v) is 9.59. The number of piperidine rings is 1. The van der Waals surface area contributed by atoms with Crippen LogP contribution in [0, 0.1) is 5.92 Å². The number of likely N-dealkylation sites (tertiary alicyclic amines) is 1. The fraction of sp³-hybridized carbons (Fsp3) is 0.304. The molecule has 146 valence electrons. The largest absolute Gasteiger partial charge is 0.496 e. The van der Waals surface area contributed by atoms with Gasteiger partial charge in [-0.15, -0.1) is 0 Å². The minimum absolute atomic E-state index is 0.0333. The molecule has 1 fully saturated rings. The normalized spacial score (nSPS) is 14.8. The van der Waals surface area contributed by atoms with E-state index in [-0.39, 0.29) is 17.7 Å². The molecule has 1 aliphatic rings. The van der Waals surface area contributed by atoms with E-state index in [1.807, 2.05) is 54.6 Å². The van der Waals surface area contributed by atoms with Crippen molar-refractivity contribution in [1.82, 2.24) is 10.2 Å². The Morgan fingerprint density at radius 3 is 2.46 bits per heavy atom. The molecule has 1 saturated heterocycles. The third-order valence-electron chi connectivity index (χ3n) is 5.03. The summed E-state index contributed by atoms with van der Waals surface area (Å²) < 4.78 is 5.30. The first kappa shape index (κ1) is 19.7. The van der Waals surface area contributed by atoms with Crippen LogP contribution in [0.4, 0.5) is 0 Å². The van der Waals surface area contributed by atoms with Gasteiger partial charge in [0.1, 0.15) is 5.75 Å². The van der Waals surface area contributed by atoms with Crippen LogP contribution in [0.1, 0.15) is 24.0 Å². The van der Waals surface area contributed by atoms with Crippen molar-refractivity contribution in [3.05, 3.63) is 71.8 Å². The zero-order valence-electron chi connectivity index (χ0n) is 16.1. The Labute approximate surface area is 166 Å². The Hall–Kier alpha value is -3.08. The van der Waals surface area contributed by atoms with E-state index in [0.717, 1.165) is 16.9 Å². The first-order valence-electron chi connectivity index (χ1n) is 9.59. The number of hydrogen-bond acceptors (Lipinski definition) is 3. The Balaban J connectivity index is 1.47. The third kappa shape index (κ3) is 5.22. The van der Waals surface area contributed by atoms with Crippen LogP contribution in [0.3, 0.4) is 0 Å². The van der Waals surface area contributed by atoms with E-state index < -0.39 is 0 Å². The van der Waals surface area contributed by atoms with Crippen molar-refractivity contribution in [1.29, 1.82) is 0 Å². The van der Waals surface area contributed by atoms with Crippen molar-refractivity contribution >= 4 is 17.9 Å². The van der Waals surface area contributed by atoms with Crippen molar-refractivity contribution in [2.45, 2.75) is 19.4 Å². The number of amides is 2. The van der Waals surface area contributed by atoms with Crippen molar-refractivity contribution in [3.8, 4) is 5.75 Å². The smallest absolute Gasteiger partial charge is 0.246 e. The van der Waals surface area contributed by atoms with Crippen LogP contribution >= 0.6 is 0 Å². The lowest BCUT2D eigenvalue weighted by Gasteiger charge is -2.30. The molecule has 0 aromatic heterocycles. The Morgan fingerprint density at radius 2 is 1.75 bits per heavy atom. The molecule has 1 heterocycles. The first-order chi connectivity index (χ1) is 13.7. The van der Waals surface area contributed by atoms with Crippen LogP contribution in [-0.2, 0) is 16.1 Å². The van der Waals surface area contributed by atoms with Crippen LogP contribution in [-0.4, -0.2) is 36.9 Å². The summed E-state index contributed by atoms with van der Waals surface area (Å²) in [7, 11) is 1.61. The fourth-order valence-corrected chi connectivity index (χ4v) is 3.36. The molecule has 0 spiro atoms. The summed E-state index contributed by atoms with van der Waals surface area (Å²) >= 11 is 0. The predicted molar refractivity (Wildman–Crippen MR) is 110 cm³/mol. The molecule has 2 amide bonds. The topological polar surface area (TPSA) is 58.6 Å². The molecule has 2 aromatic carbocycles. The summed E-state index contributed by atoms with van der Waals surface area (Å²) in [4.78, 5) is 26.6. The van der Waals surface area contributed by atoms with E-state index in [1.54, 1.807) is 24.2 Å². The number of para-hydroxylation sites is 1. The van der Waals surface area contributed by atoms with Crippen LogP contribution in [0.25, 0.3) is 6.08 Å². The van der Waals surface area contributed by atoms with Gasteiger partial charge in [-0.2, -0.15) is 0 Å². The molecule has 5 nitrogen and oxygen atoms in total. The van der Waals surface area contributed by atoms with E-state index in [0.29, 0.717) is 32.5 Å². The Bertz CT molecular complexity index is 825. The van der Waals surface area contributed by atoms with Gasteiger partial charge in [-0.3, -0.25) is 9.59 Å². The quantitative estimate of drug-likeness (QED) is 0.785. The highest BCUT2D eigenvalue weighted by atomic mass is 16.5. The molecule has 28 heavy (non-hydrogen) atoms. The van der Waals surface area contributed by atoms with Gasteiger partial charge in [0, 0.05) is 37.2 Å². The van der Waals surface area contributed by atoms with Gasteiger partial charge in [0.15, 0.2) is 0 Å². The maximum atomic E-state index is 12.5. The molecular formula is C23H26N2O3. The number of carbonyl (C=O) groups excluding carboxylic acids is 2. The summed E-state index contributed by atoms with van der Waals surface area (Å²) in [5, 5.41) is 3.00. The molecule has 0 aliphatic carbocycles. The molecule has 1 aliphatic heterocycles. The lowest BCUT2D eigenvalue weighted by atomic mass is 9.95. The van der Waals surface area contributed by atoms with Crippen molar-refractivity contribution in [3.63, 3.8) is 0 Å². The predicted octanol–water partition coefficient (Wildman–Crippen LogP) is 3.26. The minimum atomic E-state index is -0.0361. The molecular weight excluding hydrogens is 352 g/mol. The van der Waals surface area contributed by atoms with E-state index in [1.165, 1.54) is 0 Å². The number of nitrogens with zero attached hydrogens (tertiary/aromatic N) is 1. The SMILES string of the molecule is COc1ccccc1C=CC(=O)N1CCC(C(=O)NCc2ccccc2)CC1. The number of carbonyl (C=O) groups is 2. The van der Waals surface area contributed by atoms with E-state index >= 15 is 0 Å². The van der Waals surface area contributed by atoms with Gasteiger partial charge in [-0.05, 0) is 30.5 Å².